The summed E-state index contributed by atoms with van der Waals surface area (Å²) in [6.45, 7) is 3.82. The molecular formula is C25H18N2O2S. The van der Waals surface area contributed by atoms with Crippen LogP contribution in [-0.4, -0.2) is 14.9 Å². The van der Waals surface area contributed by atoms with E-state index in [1.165, 1.54) is 16.0 Å². The zero-order valence-electron chi connectivity index (χ0n) is 16.1. The van der Waals surface area contributed by atoms with E-state index in [0.29, 0.717) is 17.4 Å². The van der Waals surface area contributed by atoms with Crippen LogP contribution in [0.2, 0.25) is 0 Å². The molecule has 5 rings (SSSR count). The molecule has 5 heteroatoms. The van der Waals surface area contributed by atoms with Crippen molar-refractivity contribution in [2.45, 2.75) is 6.04 Å². The number of carbonyl (C=O) groups is 2. The highest BCUT2D eigenvalue weighted by molar-refractivity contribution is 8.27. The van der Waals surface area contributed by atoms with Crippen LogP contribution in [0.1, 0.15) is 17.2 Å². The minimum absolute atomic E-state index is 0.0198. The molecule has 1 fully saturated rings. The van der Waals surface area contributed by atoms with Crippen LogP contribution in [0, 0.1) is 0 Å². The van der Waals surface area contributed by atoms with E-state index < -0.39 is 0 Å². The van der Waals surface area contributed by atoms with Crippen LogP contribution in [0.15, 0.2) is 103 Å². The molecule has 0 spiro atoms. The van der Waals surface area contributed by atoms with Crippen molar-refractivity contribution < 1.29 is 9.59 Å². The quantitative estimate of drug-likeness (QED) is 0.388. The lowest BCUT2D eigenvalue weighted by Gasteiger charge is -2.22. The molecule has 1 aliphatic rings. The summed E-state index contributed by atoms with van der Waals surface area (Å²) in [5.41, 5.74) is 4.19. The maximum atomic E-state index is 12.4. The first-order valence-corrected chi connectivity index (χ1v) is 10.4. The summed E-state index contributed by atoms with van der Waals surface area (Å²) >= 11 is 0.689. The van der Waals surface area contributed by atoms with Gasteiger partial charge in [-0.1, -0.05) is 73.3 Å². The van der Waals surface area contributed by atoms with Crippen LogP contribution < -0.4 is 4.90 Å². The molecule has 2 heterocycles. The first-order chi connectivity index (χ1) is 14.6. The Hall–Kier alpha value is -3.57. The fourth-order valence-corrected chi connectivity index (χ4v) is 4.67. The van der Waals surface area contributed by atoms with Crippen molar-refractivity contribution in [3.63, 3.8) is 0 Å². The van der Waals surface area contributed by atoms with Crippen LogP contribution in [0.4, 0.5) is 10.5 Å². The first-order valence-electron chi connectivity index (χ1n) is 9.60. The normalized spacial score (nSPS) is 14.3. The Morgan fingerprint density at radius 2 is 1.40 bits per heavy atom. The van der Waals surface area contributed by atoms with Gasteiger partial charge in [-0.15, -0.1) is 0 Å². The summed E-state index contributed by atoms with van der Waals surface area (Å²) in [6, 6.07) is 28.4. The molecule has 30 heavy (non-hydrogen) atoms. The molecule has 0 N–H and O–H groups in total. The molecule has 3 aromatic carbocycles. The summed E-state index contributed by atoms with van der Waals surface area (Å²) in [6.07, 6.45) is 2.04. The minimum Gasteiger partial charge on any atom is -0.336 e. The fraction of sp³-hybridized carbons (Fsp3) is 0.0400. The summed E-state index contributed by atoms with van der Waals surface area (Å²) in [5, 5.41) is 0.287. The van der Waals surface area contributed by atoms with Gasteiger partial charge in [0.2, 0.25) is 5.12 Å². The molecule has 0 radical (unpaired) electrons. The molecule has 0 unspecified atom stereocenters. The number of aromatic nitrogens is 1. The number of thioether (sulfide) groups is 1. The Labute approximate surface area is 178 Å². The van der Waals surface area contributed by atoms with Gasteiger partial charge in [0, 0.05) is 23.3 Å². The van der Waals surface area contributed by atoms with Gasteiger partial charge < -0.3 is 4.57 Å². The maximum Gasteiger partial charge on any atom is 0.298 e. The third-order valence-corrected chi connectivity index (χ3v) is 6.14. The van der Waals surface area contributed by atoms with Gasteiger partial charge in [0.1, 0.15) is 0 Å². The lowest BCUT2D eigenvalue weighted by molar-refractivity contribution is -0.107. The molecule has 0 aliphatic carbocycles. The maximum absolute atomic E-state index is 12.4. The monoisotopic (exact) mass is 410 g/mol. The highest BCUT2D eigenvalue weighted by Gasteiger charge is 2.35. The van der Waals surface area contributed by atoms with Crippen molar-refractivity contribution in [1.82, 2.24) is 4.57 Å². The average molecular weight is 410 g/mol. The second kappa shape index (κ2) is 7.35. The summed E-state index contributed by atoms with van der Waals surface area (Å²) < 4.78 is 2.21. The van der Waals surface area contributed by atoms with Gasteiger partial charge in [-0.3, -0.25) is 14.5 Å². The van der Waals surface area contributed by atoms with Crippen LogP contribution in [0.5, 0.6) is 0 Å². The number of amides is 1. The number of hydrogen-bond donors (Lipinski definition) is 0. The molecular weight excluding hydrogens is 392 g/mol. The summed E-state index contributed by atoms with van der Waals surface area (Å²) in [4.78, 5) is 25.8. The smallest absolute Gasteiger partial charge is 0.298 e. The topological polar surface area (TPSA) is 42.3 Å². The Kier molecular flexibility index (Phi) is 4.52. The van der Waals surface area contributed by atoms with Crippen LogP contribution in [0.25, 0.3) is 10.9 Å². The van der Waals surface area contributed by atoms with Gasteiger partial charge >= 0.3 is 0 Å². The second-order valence-electron chi connectivity index (χ2n) is 7.09. The molecule has 0 atom stereocenters. The highest BCUT2D eigenvalue weighted by atomic mass is 32.2. The zero-order chi connectivity index (χ0) is 20.7. The molecule has 0 bridgehead atoms. The fourth-order valence-electron chi connectivity index (χ4n) is 4.01. The number of nitrogens with zero attached hydrogens (tertiary/aromatic N) is 2. The number of benzene rings is 3. The number of hydrogen-bond acceptors (Lipinski definition) is 3. The van der Waals surface area contributed by atoms with E-state index in [1.807, 2.05) is 66.9 Å². The van der Waals surface area contributed by atoms with Crippen LogP contribution in [0.3, 0.4) is 0 Å². The highest BCUT2D eigenvalue weighted by Crippen LogP contribution is 2.39. The third-order valence-electron chi connectivity index (χ3n) is 5.36. The second-order valence-corrected chi connectivity index (χ2v) is 8.02. The van der Waals surface area contributed by atoms with E-state index in [2.05, 4.69) is 35.4 Å². The molecule has 1 aliphatic heterocycles. The van der Waals surface area contributed by atoms with Crippen molar-refractivity contribution in [2.75, 3.05) is 4.90 Å². The summed E-state index contributed by atoms with van der Waals surface area (Å²) in [7, 11) is 0. The van der Waals surface area contributed by atoms with Gasteiger partial charge in [-0.05, 0) is 29.3 Å². The number of fused-ring (bicyclic) bond motifs is 1. The number of rotatable bonds is 4. The van der Waals surface area contributed by atoms with Gasteiger partial charge in [0.25, 0.3) is 5.24 Å². The van der Waals surface area contributed by atoms with Crippen molar-refractivity contribution in [2.24, 2.45) is 0 Å². The van der Waals surface area contributed by atoms with Crippen molar-refractivity contribution in [1.29, 1.82) is 0 Å². The SMILES string of the molecule is C=C1C(=O)SC(=O)N1c1cccc2c1ccn2C(c1ccccc1)c1ccccc1. The molecule has 1 amide bonds. The standard InChI is InChI=1S/C25H18N2O2S/c1-17-24(28)30-25(29)27(17)22-14-8-13-21-20(22)15-16-26(21)23(18-9-4-2-5-10-18)19-11-6-3-7-12-19/h2-16,23H,1H2. The van der Waals surface area contributed by atoms with Crippen molar-refractivity contribution in [3.05, 3.63) is 115 Å². The molecule has 146 valence electrons. The average Bonchev–Trinajstić information content (AvgIpc) is 3.30. The zero-order valence-corrected chi connectivity index (χ0v) is 16.9. The van der Waals surface area contributed by atoms with E-state index >= 15 is 0 Å². The molecule has 4 aromatic rings. The third kappa shape index (κ3) is 2.95. The van der Waals surface area contributed by atoms with Gasteiger partial charge in [-0.25, -0.2) is 0 Å². The molecule has 4 nitrogen and oxygen atoms in total. The van der Waals surface area contributed by atoms with Gasteiger partial charge in [-0.2, -0.15) is 0 Å². The predicted molar refractivity (Wildman–Crippen MR) is 122 cm³/mol. The Morgan fingerprint density at radius 3 is 1.97 bits per heavy atom. The van der Waals surface area contributed by atoms with Crippen LogP contribution >= 0.6 is 11.8 Å². The molecule has 0 saturated carbocycles. The van der Waals surface area contributed by atoms with E-state index in [-0.39, 0.29) is 22.1 Å². The predicted octanol–water partition coefficient (Wildman–Crippen LogP) is 5.99. The van der Waals surface area contributed by atoms with Gasteiger partial charge in [0.05, 0.1) is 22.9 Å². The Bertz CT molecular complexity index is 1240. The number of anilines is 1. The van der Waals surface area contributed by atoms with E-state index in [0.717, 1.165) is 10.9 Å². The first kappa shape index (κ1) is 18.5. The summed E-state index contributed by atoms with van der Waals surface area (Å²) in [5.74, 6) is 0. The molecule has 1 aromatic heterocycles. The van der Waals surface area contributed by atoms with Crippen LogP contribution in [-0.2, 0) is 4.79 Å². The minimum atomic E-state index is -0.312. The van der Waals surface area contributed by atoms with Gasteiger partial charge in [0.15, 0.2) is 0 Å². The number of carbonyl (C=O) groups excluding carboxylic acids is 2. The van der Waals surface area contributed by atoms with E-state index in [9.17, 15) is 9.59 Å². The van der Waals surface area contributed by atoms with E-state index in [4.69, 9.17) is 0 Å². The lowest BCUT2D eigenvalue weighted by atomic mass is 9.98. The Morgan fingerprint density at radius 1 is 0.767 bits per heavy atom. The van der Waals surface area contributed by atoms with E-state index in [1.54, 1.807) is 0 Å². The lowest BCUT2D eigenvalue weighted by Crippen LogP contribution is -2.20. The van der Waals surface area contributed by atoms with Crippen molar-refractivity contribution in [3.8, 4) is 0 Å². The largest absolute Gasteiger partial charge is 0.336 e. The van der Waals surface area contributed by atoms with Crippen molar-refractivity contribution >= 4 is 38.7 Å². The Balaban J connectivity index is 1.70. The molecule has 1 saturated heterocycles.